The van der Waals surface area contributed by atoms with Crippen molar-refractivity contribution in [3.63, 3.8) is 0 Å². The standard InChI is InChI=1S/C14H20N2O4/c1-3-10(4-2)14(18)9-15-8-11-7-12(16(19)20)5-6-13(11)17/h5-8,10,14,17-18H,3-4,9H2,1-2H3. The number of phenols is 1. The predicted molar refractivity (Wildman–Crippen MR) is 77.3 cm³/mol. The summed E-state index contributed by atoms with van der Waals surface area (Å²) in [5, 5.41) is 30.2. The molecule has 0 spiro atoms. The van der Waals surface area contributed by atoms with Crippen LogP contribution in [0.3, 0.4) is 0 Å². The molecule has 0 aliphatic heterocycles. The predicted octanol–water partition coefficient (Wildman–Crippen LogP) is 2.52. The number of rotatable bonds is 7. The Kier molecular flexibility index (Phi) is 6.11. The van der Waals surface area contributed by atoms with Crippen LogP contribution in [0.4, 0.5) is 5.69 Å². The van der Waals surface area contributed by atoms with Gasteiger partial charge < -0.3 is 10.2 Å². The van der Waals surface area contributed by atoms with Crippen LogP contribution < -0.4 is 0 Å². The normalized spacial score (nSPS) is 13.0. The van der Waals surface area contributed by atoms with Gasteiger partial charge in [0.1, 0.15) is 5.75 Å². The van der Waals surface area contributed by atoms with Crippen molar-refractivity contribution in [1.82, 2.24) is 0 Å². The molecular weight excluding hydrogens is 260 g/mol. The summed E-state index contributed by atoms with van der Waals surface area (Å²) >= 11 is 0. The van der Waals surface area contributed by atoms with E-state index in [0.717, 1.165) is 12.8 Å². The van der Waals surface area contributed by atoms with Crippen molar-refractivity contribution in [1.29, 1.82) is 0 Å². The fourth-order valence-corrected chi connectivity index (χ4v) is 2.00. The van der Waals surface area contributed by atoms with Crippen LogP contribution in [-0.4, -0.2) is 34.0 Å². The molecule has 0 bridgehead atoms. The van der Waals surface area contributed by atoms with E-state index in [0.29, 0.717) is 0 Å². The SMILES string of the molecule is CCC(CC)C(O)CN=Cc1cc([N+](=O)[O-])ccc1O. The molecule has 0 aliphatic carbocycles. The molecule has 110 valence electrons. The fraction of sp³-hybridized carbons (Fsp3) is 0.500. The number of hydrogen-bond donors (Lipinski definition) is 2. The minimum absolute atomic E-state index is 0.0728. The summed E-state index contributed by atoms with van der Waals surface area (Å²) in [5.41, 5.74) is 0.167. The maximum Gasteiger partial charge on any atom is 0.270 e. The number of aliphatic hydroxyl groups excluding tert-OH is 1. The minimum Gasteiger partial charge on any atom is -0.507 e. The van der Waals surface area contributed by atoms with Crippen molar-refractivity contribution < 1.29 is 15.1 Å². The molecule has 1 rings (SSSR count). The monoisotopic (exact) mass is 280 g/mol. The summed E-state index contributed by atoms with van der Waals surface area (Å²) in [7, 11) is 0. The molecule has 1 unspecified atom stereocenters. The van der Waals surface area contributed by atoms with Crippen molar-refractivity contribution in [3.05, 3.63) is 33.9 Å². The molecule has 2 N–H and O–H groups in total. The van der Waals surface area contributed by atoms with E-state index in [-0.39, 0.29) is 29.5 Å². The van der Waals surface area contributed by atoms with Crippen LogP contribution in [0.2, 0.25) is 0 Å². The number of hydrogen-bond acceptors (Lipinski definition) is 5. The van der Waals surface area contributed by atoms with E-state index in [1.165, 1.54) is 24.4 Å². The van der Waals surface area contributed by atoms with E-state index < -0.39 is 11.0 Å². The lowest BCUT2D eigenvalue weighted by molar-refractivity contribution is -0.384. The maximum atomic E-state index is 10.7. The van der Waals surface area contributed by atoms with Gasteiger partial charge in [-0.3, -0.25) is 15.1 Å². The zero-order chi connectivity index (χ0) is 15.1. The van der Waals surface area contributed by atoms with E-state index >= 15 is 0 Å². The van der Waals surface area contributed by atoms with E-state index in [9.17, 15) is 20.3 Å². The summed E-state index contributed by atoms with van der Waals surface area (Å²) in [4.78, 5) is 14.2. The fourth-order valence-electron chi connectivity index (χ4n) is 2.00. The Morgan fingerprint density at radius 2 is 2.05 bits per heavy atom. The Morgan fingerprint density at radius 1 is 1.40 bits per heavy atom. The summed E-state index contributed by atoms with van der Waals surface area (Å²) in [5.74, 6) is 0.113. The van der Waals surface area contributed by atoms with Gasteiger partial charge in [0.25, 0.3) is 5.69 Å². The van der Waals surface area contributed by atoms with Gasteiger partial charge in [-0.2, -0.15) is 0 Å². The highest BCUT2D eigenvalue weighted by Gasteiger charge is 2.14. The number of aromatic hydroxyl groups is 1. The number of nitro groups is 1. The Bertz CT molecular complexity index is 484. The Labute approximate surface area is 117 Å². The van der Waals surface area contributed by atoms with Gasteiger partial charge in [-0.05, 0) is 12.0 Å². The van der Waals surface area contributed by atoms with Crippen molar-refractivity contribution in [2.45, 2.75) is 32.8 Å². The van der Waals surface area contributed by atoms with Gasteiger partial charge in [-0.15, -0.1) is 0 Å². The lowest BCUT2D eigenvalue weighted by Crippen LogP contribution is -2.22. The average Bonchev–Trinajstić information content (AvgIpc) is 2.42. The second kappa shape index (κ2) is 7.59. The first-order chi connectivity index (χ1) is 9.49. The number of aliphatic imine (C=N–C) groups is 1. The van der Waals surface area contributed by atoms with Gasteiger partial charge in [0.05, 0.1) is 17.6 Å². The molecule has 1 aromatic carbocycles. The zero-order valence-electron chi connectivity index (χ0n) is 11.7. The zero-order valence-corrected chi connectivity index (χ0v) is 11.7. The molecule has 0 saturated heterocycles. The summed E-state index contributed by atoms with van der Waals surface area (Å²) < 4.78 is 0. The summed E-state index contributed by atoms with van der Waals surface area (Å²) in [6, 6.07) is 3.74. The molecule has 6 nitrogen and oxygen atoms in total. The molecule has 0 aromatic heterocycles. The highest BCUT2D eigenvalue weighted by Crippen LogP contribution is 2.21. The van der Waals surface area contributed by atoms with Crippen molar-refractivity contribution >= 4 is 11.9 Å². The van der Waals surface area contributed by atoms with Crippen LogP contribution in [0.5, 0.6) is 5.75 Å². The number of phenolic OH excluding ortho intramolecular Hbond substituents is 1. The van der Waals surface area contributed by atoms with Gasteiger partial charge in [-0.1, -0.05) is 26.7 Å². The second-order valence-corrected chi connectivity index (χ2v) is 4.64. The third-order valence-electron chi connectivity index (χ3n) is 3.34. The summed E-state index contributed by atoms with van der Waals surface area (Å²) in [6.07, 6.45) is 2.56. The van der Waals surface area contributed by atoms with Crippen molar-refractivity contribution in [2.24, 2.45) is 10.9 Å². The van der Waals surface area contributed by atoms with Crippen molar-refractivity contribution in [3.8, 4) is 5.75 Å². The molecule has 1 atom stereocenters. The van der Waals surface area contributed by atoms with Crippen LogP contribution in [0.25, 0.3) is 0 Å². The Hall–Kier alpha value is -1.95. The van der Waals surface area contributed by atoms with E-state index in [1.54, 1.807) is 0 Å². The molecule has 0 heterocycles. The summed E-state index contributed by atoms with van der Waals surface area (Å²) in [6.45, 7) is 4.23. The average molecular weight is 280 g/mol. The van der Waals surface area contributed by atoms with Gasteiger partial charge in [0.2, 0.25) is 0 Å². The lowest BCUT2D eigenvalue weighted by Gasteiger charge is -2.17. The van der Waals surface area contributed by atoms with Crippen LogP contribution in [-0.2, 0) is 0 Å². The van der Waals surface area contributed by atoms with Gasteiger partial charge in [-0.25, -0.2) is 0 Å². The molecule has 20 heavy (non-hydrogen) atoms. The molecule has 0 aliphatic rings. The molecule has 1 aromatic rings. The molecule has 0 saturated carbocycles. The highest BCUT2D eigenvalue weighted by molar-refractivity contribution is 5.84. The lowest BCUT2D eigenvalue weighted by atomic mass is 9.97. The van der Waals surface area contributed by atoms with E-state index in [1.807, 2.05) is 13.8 Å². The molecule has 6 heteroatoms. The number of nitro benzene ring substituents is 1. The van der Waals surface area contributed by atoms with Crippen LogP contribution >= 0.6 is 0 Å². The van der Waals surface area contributed by atoms with Gasteiger partial charge in [0.15, 0.2) is 0 Å². The first-order valence-corrected chi connectivity index (χ1v) is 6.64. The smallest absolute Gasteiger partial charge is 0.270 e. The van der Waals surface area contributed by atoms with Gasteiger partial charge in [0, 0.05) is 23.9 Å². The molecular formula is C14H20N2O4. The van der Waals surface area contributed by atoms with Crippen LogP contribution in [0, 0.1) is 16.0 Å². The van der Waals surface area contributed by atoms with Crippen LogP contribution in [0.15, 0.2) is 23.2 Å². The van der Waals surface area contributed by atoms with Crippen LogP contribution in [0.1, 0.15) is 32.3 Å². The minimum atomic E-state index is -0.540. The maximum absolute atomic E-state index is 10.7. The third-order valence-corrected chi connectivity index (χ3v) is 3.34. The first kappa shape index (κ1) is 16.1. The van der Waals surface area contributed by atoms with Crippen molar-refractivity contribution in [2.75, 3.05) is 6.54 Å². The third kappa shape index (κ3) is 4.31. The second-order valence-electron chi connectivity index (χ2n) is 4.64. The van der Waals surface area contributed by atoms with Gasteiger partial charge >= 0.3 is 0 Å². The topological polar surface area (TPSA) is 96.0 Å². The number of aliphatic hydroxyl groups is 1. The molecule has 0 amide bonds. The molecule has 0 radical (unpaired) electrons. The molecule has 0 fully saturated rings. The number of non-ortho nitro benzene ring substituents is 1. The van der Waals surface area contributed by atoms with E-state index in [2.05, 4.69) is 4.99 Å². The highest BCUT2D eigenvalue weighted by atomic mass is 16.6. The Morgan fingerprint density at radius 3 is 2.60 bits per heavy atom. The largest absolute Gasteiger partial charge is 0.507 e. The van der Waals surface area contributed by atoms with E-state index in [4.69, 9.17) is 0 Å². The number of nitrogens with zero attached hydrogens (tertiary/aromatic N) is 2. The Balaban J connectivity index is 2.75. The quantitative estimate of drug-likeness (QED) is 0.455. The number of benzene rings is 1. The first-order valence-electron chi connectivity index (χ1n) is 6.64.